The number of benzene rings is 2. The van der Waals surface area contributed by atoms with Crippen LogP contribution in [0.4, 0.5) is 10.5 Å². The largest absolute Gasteiger partial charge is 0.444 e. The van der Waals surface area contributed by atoms with Crippen molar-refractivity contribution in [2.75, 3.05) is 12.3 Å². The molecule has 4 heteroatoms. The highest BCUT2D eigenvalue weighted by atomic mass is 16.6. The van der Waals surface area contributed by atoms with Gasteiger partial charge in [0, 0.05) is 18.8 Å². The number of rotatable bonds is 3. The SMILES string of the molecule is CCN(Cc1ccc(N)cc1)C(=O)OC(C)(C)C.c1cc2ccc1-2. The molecular formula is C20H26N2O2. The first-order valence-electron chi connectivity index (χ1n) is 8.21. The van der Waals surface area contributed by atoms with Gasteiger partial charge >= 0.3 is 6.09 Å². The summed E-state index contributed by atoms with van der Waals surface area (Å²) in [7, 11) is 0. The molecular weight excluding hydrogens is 300 g/mol. The molecule has 4 nitrogen and oxygen atoms in total. The molecule has 1 amide bonds. The van der Waals surface area contributed by atoms with Gasteiger partial charge in [0.2, 0.25) is 0 Å². The zero-order valence-corrected chi connectivity index (χ0v) is 14.9. The maximum Gasteiger partial charge on any atom is 0.410 e. The van der Waals surface area contributed by atoms with Gasteiger partial charge in [-0.3, -0.25) is 0 Å². The molecule has 128 valence electrons. The normalized spacial score (nSPS) is 11.2. The van der Waals surface area contributed by atoms with Crippen molar-refractivity contribution in [1.82, 2.24) is 4.90 Å². The van der Waals surface area contributed by atoms with E-state index in [9.17, 15) is 4.79 Å². The molecule has 0 bridgehead atoms. The number of nitrogens with two attached hydrogens (primary N) is 1. The summed E-state index contributed by atoms with van der Waals surface area (Å²) in [6, 6.07) is 16.0. The fraction of sp³-hybridized carbons (Fsp3) is 0.350. The molecule has 2 aliphatic rings. The first kappa shape index (κ1) is 17.9. The minimum Gasteiger partial charge on any atom is -0.444 e. The Bertz CT molecular complexity index is 649. The first-order valence-corrected chi connectivity index (χ1v) is 8.21. The van der Waals surface area contributed by atoms with E-state index in [1.165, 1.54) is 11.1 Å². The Kier molecular flexibility index (Phi) is 5.50. The molecule has 1 aromatic rings. The molecule has 2 N–H and O–H groups in total. The summed E-state index contributed by atoms with van der Waals surface area (Å²) < 4.78 is 5.35. The summed E-state index contributed by atoms with van der Waals surface area (Å²) in [4.78, 5) is 13.6. The number of ether oxygens (including phenoxy) is 1. The molecule has 3 rings (SSSR count). The zero-order chi connectivity index (χ0) is 17.7. The van der Waals surface area contributed by atoms with Gasteiger partial charge in [-0.25, -0.2) is 4.79 Å². The van der Waals surface area contributed by atoms with Crippen LogP contribution in [0.3, 0.4) is 0 Å². The van der Waals surface area contributed by atoms with Crippen molar-refractivity contribution in [2.45, 2.75) is 39.8 Å². The minimum atomic E-state index is -0.467. The second-order valence-corrected chi connectivity index (χ2v) is 6.81. The molecule has 0 unspecified atom stereocenters. The molecule has 0 aromatic heterocycles. The van der Waals surface area contributed by atoms with Crippen LogP contribution in [-0.2, 0) is 11.3 Å². The Morgan fingerprint density at radius 1 is 1.00 bits per heavy atom. The lowest BCUT2D eigenvalue weighted by atomic mass is 9.95. The van der Waals surface area contributed by atoms with Crippen LogP contribution < -0.4 is 5.73 Å². The van der Waals surface area contributed by atoms with Crippen LogP contribution >= 0.6 is 0 Å². The average Bonchev–Trinajstić information content (AvgIpc) is 2.49. The monoisotopic (exact) mass is 326 g/mol. The molecule has 0 saturated carbocycles. The lowest BCUT2D eigenvalue weighted by molar-refractivity contribution is 0.0244. The van der Waals surface area contributed by atoms with Crippen molar-refractivity contribution in [3.63, 3.8) is 0 Å². The van der Waals surface area contributed by atoms with Gasteiger partial charge in [0.15, 0.2) is 0 Å². The van der Waals surface area contributed by atoms with Crippen molar-refractivity contribution >= 4 is 11.8 Å². The van der Waals surface area contributed by atoms with Gasteiger partial charge in [-0.05, 0) is 56.5 Å². The third kappa shape index (κ3) is 5.01. The van der Waals surface area contributed by atoms with E-state index in [4.69, 9.17) is 10.5 Å². The molecule has 0 heterocycles. The van der Waals surface area contributed by atoms with Gasteiger partial charge in [0.25, 0.3) is 0 Å². The number of carbonyl (C=O) groups is 1. The average molecular weight is 326 g/mol. The van der Waals surface area contributed by atoms with E-state index in [0.29, 0.717) is 13.1 Å². The van der Waals surface area contributed by atoms with Crippen molar-refractivity contribution in [1.29, 1.82) is 0 Å². The molecule has 1 aromatic carbocycles. The van der Waals surface area contributed by atoms with Crippen LogP contribution in [0.5, 0.6) is 0 Å². The number of nitrogens with zero attached hydrogens (tertiary/aromatic N) is 1. The van der Waals surface area contributed by atoms with E-state index in [-0.39, 0.29) is 6.09 Å². The molecule has 0 fully saturated rings. The highest BCUT2D eigenvalue weighted by Gasteiger charge is 2.21. The number of amides is 1. The van der Waals surface area contributed by atoms with Crippen LogP contribution in [0.1, 0.15) is 33.3 Å². The van der Waals surface area contributed by atoms with Crippen molar-refractivity contribution in [3.8, 4) is 11.1 Å². The highest BCUT2D eigenvalue weighted by Crippen LogP contribution is 2.29. The number of hydrogen-bond donors (Lipinski definition) is 1. The molecule has 0 radical (unpaired) electrons. The molecule has 24 heavy (non-hydrogen) atoms. The van der Waals surface area contributed by atoms with Gasteiger partial charge in [0.05, 0.1) is 0 Å². The van der Waals surface area contributed by atoms with Crippen molar-refractivity contribution in [2.24, 2.45) is 0 Å². The number of nitrogen functional groups attached to an aromatic ring is 1. The summed E-state index contributed by atoms with van der Waals surface area (Å²) >= 11 is 0. The topological polar surface area (TPSA) is 55.6 Å². The summed E-state index contributed by atoms with van der Waals surface area (Å²) in [5, 5.41) is 0. The van der Waals surface area contributed by atoms with Gasteiger partial charge in [-0.1, -0.05) is 36.4 Å². The zero-order valence-electron chi connectivity index (χ0n) is 14.9. The van der Waals surface area contributed by atoms with Crippen LogP contribution in [0.15, 0.2) is 48.5 Å². The van der Waals surface area contributed by atoms with E-state index < -0.39 is 5.60 Å². The molecule has 0 spiro atoms. The maximum absolute atomic E-state index is 11.9. The fourth-order valence-corrected chi connectivity index (χ4v) is 2.14. The molecule has 0 saturated heterocycles. The van der Waals surface area contributed by atoms with E-state index in [1.807, 2.05) is 52.0 Å². The van der Waals surface area contributed by atoms with Crippen LogP contribution in [0.2, 0.25) is 0 Å². The Labute approximate surface area is 144 Å². The summed E-state index contributed by atoms with van der Waals surface area (Å²) in [6.45, 7) is 8.66. The van der Waals surface area contributed by atoms with Crippen LogP contribution in [0.25, 0.3) is 11.1 Å². The lowest BCUT2D eigenvalue weighted by Gasteiger charge is -2.26. The Morgan fingerprint density at radius 3 is 1.83 bits per heavy atom. The van der Waals surface area contributed by atoms with E-state index in [0.717, 1.165) is 11.3 Å². The van der Waals surface area contributed by atoms with Crippen LogP contribution in [-0.4, -0.2) is 23.1 Å². The highest BCUT2D eigenvalue weighted by molar-refractivity contribution is 5.75. The summed E-state index contributed by atoms with van der Waals surface area (Å²) in [6.07, 6.45) is -0.290. The molecule has 0 aliphatic heterocycles. The number of anilines is 1. The molecule has 2 aliphatic carbocycles. The van der Waals surface area contributed by atoms with E-state index >= 15 is 0 Å². The lowest BCUT2D eigenvalue weighted by Crippen LogP contribution is -2.36. The first-order chi connectivity index (χ1) is 11.3. The van der Waals surface area contributed by atoms with E-state index in [2.05, 4.69) is 24.3 Å². The van der Waals surface area contributed by atoms with Gasteiger partial charge in [-0.15, -0.1) is 0 Å². The summed E-state index contributed by atoms with van der Waals surface area (Å²) in [5.74, 6) is 0. The van der Waals surface area contributed by atoms with Crippen molar-refractivity contribution < 1.29 is 9.53 Å². The van der Waals surface area contributed by atoms with Gasteiger partial charge in [-0.2, -0.15) is 0 Å². The maximum atomic E-state index is 11.9. The van der Waals surface area contributed by atoms with Gasteiger partial charge < -0.3 is 15.4 Å². The summed E-state index contributed by atoms with van der Waals surface area (Å²) in [5.41, 5.74) is 9.77. The number of fused-ring (bicyclic) bond motifs is 1. The standard InChI is InChI=1S/C14H22N2O2.C6H4/c1-5-16(13(17)18-14(2,3)4)10-11-6-8-12(15)9-7-11;1-2-6-4-3-5(1)6/h6-9H,5,10,15H2,1-4H3;1-4H. The molecule has 0 atom stereocenters. The third-order valence-electron chi connectivity index (χ3n) is 3.60. The van der Waals surface area contributed by atoms with Crippen LogP contribution in [0, 0.1) is 0 Å². The fourth-order valence-electron chi connectivity index (χ4n) is 2.14. The Morgan fingerprint density at radius 2 is 1.50 bits per heavy atom. The predicted molar refractivity (Wildman–Crippen MR) is 98.6 cm³/mol. The third-order valence-corrected chi connectivity index (χ3v) is 3.60. The van der Waals surface area contributed by atoms with Crippen molar-refractivity contribution in [3.05, 3.63) is 54.1 Å². The second-order valence-electron chi connectivity index (χ2n) is 6.81. The Balaban J connectivity index is 0.000000282. The second kappa shape index (κ2) is 7.39. The number of hydrogen-bond acceptors (Lipinski definition) is 3. The quantitative estimate of drug-likeness (QED) is 0.710. The smallest absolute Gasteiger partial charge is 0.410 e. The van der Waals surface area contributed by atoms with E-state index in [1.54, 1.807) is 4.90 Å². The predicted octanol–water partition coefficient (Wildman–Crippen LogP) is 4.69. The number of carbonyl (C=O) groups excluding carboxylic acids is 1. The van der Waals surface area contributed by atoms with Gasteiger partial charge in [0.1, 0.15) is 5.60 Å². The minimum absolute atomic E-state index is 0.290. The Hall–Kier alpha value is -2.49.